The molecule has 1 aliphatic heterocycles. The van der Waals surface area contributed by atoms with Gasteiger partial charge in [-0.15, -0.1) is 0 Å². The van der Waals surface area contributed by atoms with Crippen molar-refractivity contribution in [2.75, 3.05) is 16.8 Å². The topological polar surface area (TPSA) is 61.4 Å². The van der Waals surface area contributed by atoms with Gasteiger partial charge >= 0.3 is 6.03 Å². The van der Waals surface area contributed by atoms with Gasteiger partial charge in [-0.25, -0.2) is 4.79 Å². The van der Waals surface area contributed by atoms with Crippen molar-refractivity contribution in [2.45, 2.75) is 19.4 Å². The maximum Gasteiger partial charge on any atom is 0.319 e. The second kappa shape index (κ2) is 7.33. The predicted octanol–water partition coefficient (Wildman–Crippen LogP) is 4.23. The van der Waals surface area contributed by atoms with Crippen LogP contribution in [0.2, 0.25) is 10.0 Å². The molecular weight excluding hydrogens is 361 g/mol. The van der Waals surface area contributed by atoms with Crippen LogP contribution in [0.1, 0.15) is 12.0 Å². The van der Waals surface area contributed by atoms with Gasteiger partial charge in [-0.3, -0.25) is 4.79 Å². The molecule has 7 heteroatoms. The van der Waals surface area contributed by atoms with Crippen molar-refractivity contribution in [1.82, 2.24) is 5.32 Å². The van der Waals surface area contributed by atoms with Crippen molar-refractivity contribution < 1.29 is 9.59 Å². The molecular formula is C18H17Cl2N3O2. The third kappa shape index (κ3) is 4.24. The van der Waals surface area contributed by atoms with Gasteiger partial charge in [0.1, 0.15) is 0 Å². The van der Waals surface area contributed by atoms with Gasteiger partial charge in [-0.1, -0.05) is 40.9 Å². The predicted molar refractivity (Wildman–Crippen MR) is 101 cm³/mol. The second-order valence-corrected chi connectivity index (χ2v) is 6.78. The van der Waals surface area contributed by atoms with Crippen LogP contribution in [0.15, 0.2) is 42.5 Å². The number of urea groups is 1. The average molecular weight is 378 g/mol. The highest BCUT2D eigenvalue weighted by molar-refractivity contribution is 6.42. The van der Waals surface area contributed by atoms with E-state index in [1.807, 2.05) is 31.2 Å². The summed E-state index contributed by atoms with van der Waals surface area (Å²) < 4.78 is 0. The molecule has 1 saturated heterocycles. The van der Waals surface area contributed by atoms with Crippen LogP contribution in [-0.4, -0.2) is 24.5 Å². The number of carbonyl (C=O) groups is 2. The Bertz CT molecular complexity index is 808. The lowest BCUT2D eigenvalue weighted by molar-refractivity contribution is -0.117. The van der Waals surface area contributed by atoms with Gasteiger partial charge in [-0.05, 0) is 37.3 Å². The minimum atomic E-state index is -0.387. The zero-order chi connectivity index (χ0) is 18.0. The van der Waals surface area contributed by atoms with Crippen LogP contribution in [0, 0.1) is 6.92 Å². The Morgan fingerprint density at radius 3 is 2.52 bits per heavy atom. The molecule has 3 amide bonds. The number of hydrogen-bond acceptors (Lipinski definition) is 2. The first-order valence-corrected chi connectivity index (χ1v) is 8.57. The lowest BCUT2D eigenvalue weighted by Crippen LogP contribution is -2.39. The fourth-order valence-electron chi connectivity index (χ4n) is 2.70. The zero-order valence-electron chi connectivity index (χ0n) is 13.6. The number of amides is 3. The number of halogens is 2. The summed E-state index contributed by atoms with van der Waals surface area (Å²) in [6, 6.07) is 11.9. The fourth-order valence-corrected chi connectivity index (χ4v) is 3.00. The van der Waals surface area contributed by atoms with E-state index in [2.05, 4.69) is 10.6 Å². The zero-order valence-corrected chi connectivity index (χ0v) is 15.1. The summed E-state index contributed by atoms with van der Waals surface area (Å²) >= 11 is 11.8. The smallest absolute Gasteiger partial charge is 0.319 e. The highest BCUT2D eigenvalue weighted by Gasteiger charge is 2.31. The van der Waals surface area contributed by atoms with Crippen molar-refractivity contribution in [3.05, 3.63) is 58.1 Å². The van der Waals surface area contributed by atoms with Gasteiger partial charge < -0.3 is 15.5 Å². The Labute approximate surface area is 155 Å². The van der Waals surface area contributed by atoms with Crippen molar-refractivity contribution in [1.29, 1.82) is 0 Å². The monoisotopic (exact) mass is 377 g/mol. The van der Waals surface area contributed by atoms with E-state index in [4.69, 9.17) is 23.2 Å². The molecule has 0 spiro atoms. The Morgan fingerprint density at radius 1 is 1.12 bits per heavy atom. The largest absolute Gasteiger partial charge is 0.333 e. The molecule has 1 aliphatic rings. The summed E-state index contributed by atoms with van der Waals surface area (Å²) in [5.74, 6) is -0.0105. The first-order chi connectivity index (χ1) is 11.9. The number of anilines is 2. The van der Waals surface area contributed by atoms with Gasteiger partial charge in [0.05, 0.1) is 16.1 Å². The van der Waals surface area contributed by atoms with E-state index in [9.17, 15) is 9.59 Å². The number of aryl methyl sites for hydroxylation is 1. The molecule has 0 radical (unpaired) electrons. The van der Waals surface area contributed by atoms with Crippen molar-refractivity contribution >= 4 is 46.5 Å². The average Bonchev–Trinajstić information content (AvgIpc) is 2.92. The van der Waals surface area contributed by atoms with E-state index in [0.29, 0.717) is 22.3 Å². The van der Waals surface area contributed by atoms with Crippen LogP contribution < -0.4 is 15.5 Å². The first-order valence-electron chi connectivity index (χ1n) is 7.82. The molecule has 1 fully saturated rings. The fraction of sp³-hybridized carbons (Fsp3) is 0.222. The third-order valence-corrected chi connectivity index (χ3v) is 4.72. The Kier molecular flexibility index (Phi) is 5.16. The van der Waals surface area contributed by atoms with E-state index >= 15 is 0 Å². The van der Waals surface area contributed by atoms with E-state index < -0.39 is 0 Å². The Hall–Kier alpha value is -2.24. The molecule has 3 rings (SSSR count). The molecule has 130 valence electrons. The van der Waals surface area contributed by atoms with Gasteiger partial charge in [0.2, 0.25) is 5.91 Å². The van der Waals surface area contributed by atoms with Crippen molar-refractivity contribution in [3.63, 3.8) is 0 Å². The lowest BCUT2D eigenvalue weighted by atomic mass is 10.2. The van der Waals surface area contributed by atoms with Crippen molar-refractivity contribution in [2.24, 2.45) is 0 Å². The first kappa shape index (κ1) is 17.6. The minimum Gasteiger partial charge on any atom is -0.333 e. The van der Waals surface area contributed by atoms with Crippen LogP contribution in [0.4, 0.5) is 16.2 Å². The number of hydrogen-bond donors (Lipinski definition) is 2. The summed E-state index contributed by atoms with van der Waals surface area (Å²) in [6.45, 7) is 2.43. The standard InChI is InChI=1S/C18H17Cl2N3O2/c1-11-2-5-14(6-3-11)23-10-13(9-17(23)24)22-18(25)21-12-4-7-15(19)16(20)8-12/h2-8,13H,9-10H2,1H3,(H2,21,22,25). The molecule has 25 heavy (non-hydrogen) atoms. The summed E-state index contributed by atoms with van der Waals surface area (Å²) in [6.07, 6.45) is 0.267. The third-order valence-electron chi connectivity index (χ3n) is 3.98. The van der Waals surface area contributed by atoms with E-state index in [1.165, 1.54) is 0 Å². The van der Waals surface area contributed by atoms with E-state index in [1.54, 1.807) is 23.1 Å². The highest BCUT2D eigenvalue weighted by atomic mass is 35.5. The maximum absolute atomic E-state index is 12.2. The molecule has 0 bridgehead atoms. The molecule has 0 saturated carbocycles. The second-order valence-electron chi connectivity index (χ2n) is 5.97. The molecule has 5 nitrogen and oxygen atoms in total. The number of rotatable bonds is 3. The van der Waals surface area contributed by atoms with Gasteiger partial charge in [0.15, 0.2) is 0 Å². The summed E-state index contributed by atoms with van der Waals surface area (Å²) in [5, 5.41) is 6.29. The molecule has 1 unspecified atom stereocenters. The van der Waals surface area contributed by atoms with Crippen LogP contribution in [-0.2, 0) is 4.79 Å². The highest BCUT2D eigenvalue weighted by Crippen LogP contribution is 2.25. The minimum absolute atomic E-state index is 0.0105. The van der Waals surface area contributed by atoms with Crippen LogP contribution in [0.25, 0.3) is 0 Å². The molecule has 1 atom stereocenters. The molecule has 0 aliphatic carbocycles. The van der Waals surface area contributed by atoms with Crippen LogP contribution in [0.3, 0.4) is 0 Å². The number of nitrogens with one attached hydrogen (secondary N) is 2. The molecule has 2 N–H and O–H groups in total. The number of nitrogens with zero attached hydrogens (tertiary/aromatic N) is 1. The van der Waals surface area contributed by atoms with Gasteiger partial charge in [-0.2, -0.15) is 0 Å². The van der Waals surface area contributed by atoms with E-state index in [0.717, 1.165) is 11.3 Å². The van der Waals surface area contributed by atoms with Crippen LogP contribution in [0.5, 0.6) is 0 Å². The Balaban J connectivity index is 1.60. The molecule has 0 aromatic heterocycles. The SMILES string of the molecule is Cc1ccc(N2CC(NC(=O)Nc3ccc(Cl)c(Cl)c3)CC2=O)cc1. The van der Waals surface area contributed by atoms with E-state index in [-0.39, 0.29) is 24.4 Å². The quantitative estimate of drug-likeness (QED) is 0.840. The summed E-state index contributed by atoms with van der Waals surface area (Å²) in [4.78, 5) is 26.0. The number of carbonyl (C=O) groups excluding carboxylic acids is 2. The maximum atomic E-state index is 12.2. The Morgan fingerprint density at radius 2 is 1.84 bits per heavy atom. The van der Waals surface area contributed by atoms with Crippen LogP contribution >= 0.6 is 23.2 Å². The summed E-state index contributed by atoms with van der Waals surface area (Å²) in [5.41, 5.74) is 2.50. The number of benzene rings is 2. The van der Waals surface area contributed by atoms with Crippen molar-refractivity contribution in [3.8, 4) is 0 Å². The van der Waals surface area contributed by atoms with Gasteiger partial charge in [0, 0.05) is 24.3 Å². The molecule has 2 aromatic carbocycles. The molecule has 2 aromatic rings. The van der Waals surface area contributed by atoms with Gasteiger partial charge in [0.25, 0.3) is 0 Å². The normalized spacial score (nSPS) is 16.8. The molecule has 1 heterocycles. The summed E-state index contributed by atoms with van der Waals surface area (Å²) in [7, 11) is 0. The lowest BCUT2D eigenvalue weighted by Gasteiger charge is -2.17.